The normalized spacial score (nSPS) is 28.5. The van der Waals surface area contributed by atoms with Crippen molar-refractivity contribution in [3.63, 3.8) is 0 Å². The first-order valence-corrected chi connectivity index (χ1v) is 12.6. The third-order valence-corrected chi connectivity index (χ3v) is 7.36. The van der Waals surface area contributed by atoms with Crippen LogP contribution < -0.4 is 10.1 Å². The predicted octanol–water partition coefficient (Wildman–Crippen LogP) is 4.76. The summed E-state index contributed by atoms with van der Waals surface area (Å²) in [5.74, 6) is 1.33. The summed E-state index contributed by atoms with van der Waals surface area (Å²) in [7, 11) is 0. The number of likely N-dealkylation sites (tertiary alicyclic amines) is 1. The molecule has 0 aliphatic carbocycles. The van der Waals surface area contributed by atoms with Crippen molar-refractivity contribution in [2.75, 3.05) is 13.1 Å². The minimum absolute atomic E-state index is 0.0140. The Morgan fingerprint density at radius 1 is 1.29 bits per heavy atom. The summed E-state index contributed by atoms with van der Waals surface area (Å²) in [5.41, 5.74) is 1.36. The third kappa shape index (κ3) is 5.04. The van der Waals surface area contributed by atoms with Gasteiger partial charge in [-0.15, -0.1) is 0 Å². The highest BCUT2D eigenvalue weighted by molar-refractivity contribution is 5.85. The number of alkyl carbamates (subject to hydrolysis) is 1. The zero-order chi connectivity index (χ0) is 24.8. The van der Waals surface area contributed by atoms with Crippen LogP contribution in [-0.2, 0) is 14.3 Å². The van der Waals surface area contributed by atoms with Gasteiger partial charge in [0.2, 0.25) is 5.91 Å². The van der Waals surface area contributed by atoms with Crippen LogP contribution in [0, 0.1) is 18.8 Å². The molecule has 4 rings (SSSR count). The van der Waals surface area contributed by atoms with Crippen LogP contribution in [0.2, 0.25) is 0 Å². The number of carbonyl (C=O) groups is 2. The summed E-state index contributed by atoms with van der Waals surface area (Å²) in [6.07, 6.45) is 1.83. The first-order valence-electron chi connectivity index (χ1n) is 12.6. The van der Waals surface area contributed by atoms with Gasteiger partial charge in [-0.1, -0.05) is 19.1 Å². The van der Waals surface area contributed by atoms with Crippen LogP contribution in [-0.4, -0.2) is 53.3 Å². The number of nitrogens with one attached hydrogen (secondary N) is 1. The molecular formula is C27H40N2O5. The van der Waals surface area contributed by atoms with Crippen molar-refractivity contribution in [1.82, 2.24) is 10.2 Å². The molecule has 2 amide bonds. The molecule has 0 spiro atoms. The molecule has 5 atom stereocenters. The molecule has 2 fully saturated rings. The van der Waals surface area contributed by atoms with Gasteiger partial charge in [-0.3, -0.25) is 4.79 Å². The Bertz CT molecular complexity index is 937. The monoisotopic (exact) mass is 472 g/mol. The number of carbonyl (C=O) groups excluding carboxylic acids is 2. The third-order valence-electron chi connectivity index (χ3n) is 7.36. The van der Waals surface area contributed by atoms with Gasteiger partial charge in [0, 0.05) is 30.5 Å². The fourth-order valence-electron chi connectivity index (χ4n) is 5.62. The molecule has 1 aromatic carbocycles. The molecule has 7 nitrogen and oxygen atoms in total. The van der Waals surface area contributed by atoms with Gasteiger partial charge in [0.05, 0.1) is 12.2 Å². The topological polar surface area (TPSA) is 77.1 Å². The number of piperidine rings is 1. The number of amides is 2. The lowest BCUT2D eigenvalue weighted by atomic mass is 9.70. The van der Waals surface area contributed by atoms with Gasteiger partial charge >= 0.3 is 6.09 Å². The summed E-state index contributed by atoms with van der Waals surface area (Å²) in [5, 5.41) is 2.76. The van der Waals surface area contributed by atoms with E-state index in [1.807, 2.05) is 32.6 Å². The lowest BCUT2D eigenvalue weighted by Gasteiger charge is -2.53. The van der Waals surface area contributed by atoms with Gasteiger partial charge in [0.15, 0.2) is 0 Å². The highest BCUT2D eigenvalue weighted by atomic mass is 16.6. The van der Waals surface area contributed by atoms with Crippen LogP contribution in [0.1, 0.15) is 78.0 Å². The van der Waals surface area contributed by atoms with Crippen LogP contribution in [0.3, 0.4) is 0 Å². The van der Waals surface area contributed by atoms with E-state index in [4.69, 9.17) is 14.2 Å². The van der Waals surface area contributed by atoms with Crippen LogP contribution in [0.25, 0.3) is 0 Å². The van der Waals surface area contributed by atoms with Gasteiger partial charge in [0.1, 0.15) is 23.0 Å². The number of fused-ring (bicyclic) bond motifs is 4. The molecule has 0 aromatic heterocycles. The molecule has 0 unspecified atom stereocenters. The Balaban J connectivity index is 1.45. The van der Waals surface area contributed by atoms with Crippen LogP contribution >= 0.6 is 0 Å². The van der Waals surface area contributed by atoms with E-state index in [1.165, 1.54) is 5.56 Å². The average molecular weight is 473 g/mol. The van der Waals surface area contributed by atoms with Gasteiger partial charge in [0.25, 0.3) is 0 Å². The van der Waals surface area contributed by atoms with Crippen molar-refractivity contribution < 1.29 is 23.8 Å². The minimum atomic E-state index is -0.605. The second kappa shape index (κ2) is 9.06. The average Bonchev–Trinajstić information content (AvgIpc) is 2.74. The first-order chi connectivity index (χ1) is 15.9. The lowest BCUT2D eigenvalue weighted by Crippen LogP contribution is -2.58. The van der Waals surface area contributed by atoms with E-state index < -0.39 is 17.7 Å². The molecule has 2 saturated heterocycles. The molecule has 0 bridgehead atoms. The number of hydrogen-bond acceptors (Lipinski definition) is 5. The summed E-state index contributed by atoms with van der Waals surface area (Å²) >= 11 is 0. The van der Waals surface area contributed by atoms with E-state index in [2.05, 4.69) is 44.3 Å². The maximum absolute atomic E-state index is 13.3. The molecule has 1 aromatic rings. The van der Waals surface area contributed by atoms with Crippen LogP contribution in [0.15, 0.2) is 18.2 Å². The number of hydrogen-bond donors (Lipinski definition) is 1. The number of nitrogens with zero attached hydrogens (tertiary/aromatic N) is 1. The smallest absolute Gasteiger partial charge is 0.408 e. The molecule has 7 heteroatoms. The second-order valence-electron chi connectivity index (χ2n) is 11.6. The molecule has 188 valence electrons. The van der Waals surface area contributed by atoms with Gasteiger partial charge in [-0.25, -0.2) is 4.79 Å². The Hall–Kier alpha value is -2.28. The Morgan fingerprint density at radius 3 is 2.71 bits per heavy atom. The molecular weight excluding hydrogens is 432 g/mol. The molecule has 3 aliphatic heterocycles. The molecule has 3 heterocycles. The van der Waals surface area contributed by atoms with Gasteiger partial charge in [-0.2, -0.15) is 0 Å². The molecule has 0 radical (unpaired) electrons. The largest absolute Gasteiger partial charge is 0.487 e. The van der Waals surface area contributed by atoms with E-state index in [1.54, 1.807) is 0 Å². The maximum Gasteiger partial charge on any atom is 0.408 e. The number of rotatable bonds is 3. The van der Waals surface area contributed by atoms with E-state index >= 15 is 0 Å². The molecule has 34 heavy (non-hydrogen) atoms. The first kappa shape index (κ1) is 24.8. The van der Waals surface area contributed by atoms with E-state index in [0.29, 0.717) is 19.5 Å². The maximum atomic E-state index is 13.3. The standard InChI is InChI=1S/C27H40N2O5/c1-8-20(28-25(31)34-26(3,4)5)24(30)29-12-11-21-17(15-29)14-19-23(32-21)18-10-9-16(2)13-22(18)33-27(19,6)7/h9-10,13,17,19-21,23H,8,11-12,14-15H2,1-7H3,(H,28,31)/t17-,19+,20-,21+,23-/m1/s1. The summed E-state index contributed by atoms with van der Waals surface area (Å²) in [6.45, 7) is 15.0. The highest BCUT2D eigenvalue weighted by Crippen LogP contribution is 2.53. The Morgan fingerprint density at radius 2 is 2.03 bits per heavy atom. The van der Waals surface area contributed by atoms with Crippen molar-refractivity contribution in [3.8, 4) is 5.75 Å². The number of aryl methyl sites for hydroxylation is 1. The Kier molecular flexibility index (Phi) is 6.62. The van der Waals surface area contributed by atoms with Crippen molar-refractivity contribution >= 4 is 12.0 Å². The fraction of sp³-hybridized carbons (Fsp3) is 0.704. The van der Waals surface area contributed by atoms with E-state index in [-0.39, 0.29) is 35.6 Å². The molecule has 3 aliphatic rings. The Labute approximate surface area is 203 Å². The fourth-order valence-corrected chi connectivity index (χ4v) is 5.62. The molecule has 1 N–H and O–H groups in total. The zero-order valence-corrected chi connectivity index (χ0v) is 21.6. The van der Waals surface area contributed by atoms with Gasteiger partial charge < -0.3 is 24.4 Å². The highest BCUT2D eigenvalue weighted by Gasteiger charge is 2.51. The van der Waals surface area contributed by atoms with Crippen molar-refractivity contribution in [3.05, 3.63) is 29.3 Å². The van der Waals surface area contributed by atoms with Crippen molar-refractivity contribution in [2.45, 2.75) is 97.2 Å². The quantitative estimate of drug-likeness (QED) is 0.686. The SMILES string of the molecule is CC[C@@H](NC(=O)OC(C)(C)C)C(=O)N1CC[C@@H]2O[C@@H]3c4ccc(C)cc4OC(C)(C)[C@H]3C[C@@H]2C1. The predicted molar refractivity (Wildman–Crippen MR) is 130 cm³/mol. The minimum Gasteiger partial charge on any atom is -0.487 e. The number of benzene rings is 1. The van der Waals surface area contributed by atoms with Crippen molar-refractivity contribution in [1.29, 1.82) is 0 Å². The number of ether oxygens (including phenoxy) is 3. The van der Waals surface area contributed by atoms with Crippen LogP contribution in [0.4, 0.5) is 4.79 Å². The van der Waals surface area contributed by atoms with E-state index in [9.17, 15) is 9.59 Å². The summed E-state index contributed by atoms with van der Waals surface area (Å²) < 4.78 is 18.5. The zero-order valence-electron chi connectivity index (χ0n) is 21.6. The van der Waals surface area contributed by atoms with Gasteiger partial charge in [-0.05, 0) is 72.4 Å². The summed E-state index contributed by atoms with van der Waals surface area (Å²) in [6, 6.07) is 5.78. The van der Waals surface area contributed by atoms with E-state index in [0.717, 1.165) is 24.2 Å². The van der Waals surface area contributed by atoms with Crippen LogP contribution in [0.5, 0.6) is 5.75 Å². The molecule has 0 saturated carbocycles. The second-order valence-corrected chi connectivity index (χ2v) is 11.6. The lowest BCUT2D eigenvalue weighted by molar-refractivity contribution is -0.189. The summed E-state index contributed by atoms with van der Waals surface area (Å²) in [4.78, 5) is 27.4. The van der Waals surface area contributed by atoms with Crippen molar-refractivity contribution in [2.24, 2.45) is 11.8 Å².